The van der Waals surface area contributed by atoms with Crippen LogP contribution in [0.2, 0.25) is 0 Å². The van der Waals surface area contributed by atoms with E-state index in [2.05, 4.69) is 93.7 Å². The van der Waals surface area contributed by atoms with E-state index in [0.717, 1.165) is 103 Å². The predicted molar refractivity (Wildman–Crippen MR) is 362 cm³/mol. The van der Waals surface area contributed by atoms with E-state index in [9.17, 15) is 14.4 Å². The molecule has 482 valence electrons. The van der Waals surface area contributed by atoms with Crippen molar-refractivity contribution in [3.63, 3.8) is 0 Å². The van der Waals surface area contributed by atoms with E-state index in [1.54, 1.807) is 0 Å². The van der Waals surface area contributed by atoms with Crippen LogP contribution >= 0.6 is 0 Å². The third kappa shape index (κ3) is 69.5. The fourth-order valence-corrected chi connectivity index (χ4v) is 10.7. The highest BCUT2D eigenvalue weighted by atomic mass is 16.6. The van der Waals surface area contributed by atoms with Crippen LogP contribution in [-0.4, -0.2) is 37.2 Å². The Balaban J connectivity index is 4.24. The van der Waals surface area contributed by atoms with Gasteiger partial charge in [0.05, 0.1) is 0 Å². The summed E-state index contributed by atoms with van der Waals surface area (Å²) in [6.07, 6.45) is 93.7. The van der Waals surface area contributed by atoms with Crippen LogP contribution in [0.15, 0.2) is 72.9 Å². The Morgan fingerprint density at radius 3 is 0.771 bits per heavy atom. The van der Waals surface area contributed by atoms with Crippen LogP contribution in [0, 0.1) is 0 Å². The maximum atomic E-state index is 13.0. The molecule has 0 heterocycles. The summed E-state index contributed by atoms with van der Waals surface area (Å²) < 4.78 is 17.0. The number of hydrogen-bond acceptors (Lipinski definition) is 6. The minimum absolute atomic E-state index is 0.0780. The Bertz CT molecular complexity index is 1520. The van der Waals surface area contributed by atoms with Gasteiger partial charge in [-0.2, -0.15) is 0 Å². The van der Waals surface area contributed by atoms with E-state index < -0.39 is 6.10 Å². The molecule has 0 aromatic heterocycles. The monoisotopic (exact) mass is 1160 g/mol. The van der Waals surface area contributed by atoms with Crippen LogP contribution in [0.4, 0.5) is 0 Å². The molecule has 0 aromatic carbocycles. The van der Waals surface area contributed by atoms with Gasteiger partial charge in [0.1, 0.15) is 13.2 Å². The van der Waals surface area contributed by atoms with Crippen molar-refractivity contribution in [1.29, 1.82) is 0 Å². The van der Waals surface area contributed by atoms with Gasteiger partial charge < -0.3 is 14.2 Å². The number of unbranched alkanes of at least 4 members (excludes halogenated alkanes) is 44. The van der Waals surface area contributed by atoms with Crippen molar-refractivity contribution in [3.05, 3.63) is 72.9 Å². The van der Waals surface area contributed by atoms with Crippen molar-refractivity contribution in [2.24, 2.45) is 0 Å². The van der Waals surface area contributed by atoms with Gasteiger partial charge in [0.25, 0.3) is 0 Å². The first-order valence-corrected chi connectivity index (χ1v) is 36.4. The molecule has 6 heteroatoms. The van der Waals surface area contributed by atoms with E-state index in [4.69, 9.17) is 14.2 Å². The third-order valence-electron chi connectivity index (χ3n) is 16.2. The Labute approximate surface area is 516 Å². The average molecular weight is 1160 g/mol. The van der Waals surface area contributed by atoms with Crippen LogP contribution in [-0.2, 0) is 28.6 Å². The fourth-order valence-electron chi connectivity index (χ4n) is 10.7. The molecule has 0 aromatic rings. The quantitative estimate of drug-likeness (QED) is 0.0261. The van der Waals surface area contributed by atoms with Crippen molar-refractivity contribution in [3.8, 4) is 0 Å². The standard InChI is InChI=1S/C77H138O6/c1-4-7-10-13-16-19-22-25-28-30-32-34-36-37-38-39-40-42-43-45-47-49-52-55-58-61-64-67-70-76(79)82-73-74(72-81-75(78)69-66-63-60-57-54-51-27-24-21-18-15-12-9-6-3)83-77(80)71-68-65-62-59-56-53-50-48-46-44-41-35-33-31-29-26-23-20-17-14-11-8-5-2/h8,11,15,17-18,20,24,26-27,29,33,35,74H,4-7,9-10,12-14,16,19,21-23,25,28,30-32,34,36-73H2,1-3H3/b11-8-,18-15-,20-17-,27-24-,29-26-,35-33-. The van der Waals surface area contributed by atoms with Crippen molar-refractivity contribution in [1.82, 2.24) is 0 Å². The number of carbonyl (C=O) groups is 3. The molecule has 0 saturated heterocycles. The predicted octanol–water partition coefficient (Wildman–Crippen LogP) is 25.2. The van der Waals surface area contributed by atoms with E-state index in [0.29, 0.717) is 19.3 Å². The molecule has 1 atom stereocenters. The fraction of sp³-hybridized carbons (Fsp3) is 0.805. The highest BCUT2D eigenvalue weighted by Crippen LogP contribution is 2.19. The van der Waals surface area contributed by atoms with E-state index in [1.807, 2.05) is 0 Å². The van der Waals surface area contributed by atoms with E-state index in [1.165, 1.54) is 238 Å². The zero-order valence-electron chi connectivity index (χ0n) is 55.5. The summed E-state index contributed by atoms with van der Waals surface area (Å²) in [5, 5.41) is 0. The molecule has 83 heavy (non-hydrogen) atoms. The molecule has 1 unspecified atom stereocenters. The molecule has 6 nitrogen and oxygen atoms in total. The number of ether oxygens (including phenoxy) is 3. The summed E-state index contributed by atoms with van der Waals surface area (Å²) in [4.78, 5) is 38.5. The summed E-state index contributed by atoms with van der Waals surface area (Å²) >= 11 is 0. The second-order valence-electron chi connectivity index (χ2n) is 24.5. The van der Waals surface area contributed by atoms with Crippen molar-refractivity contribution in [2.45, 2.75) is 386 Å². The molecule has 0 radical (unpaired) electrons. The summed E-state index contributed by atoms with van der Waals surface area (Å²) in [5.41, 5.74) is 0. The first-order valence-electron chi connectivity index (χ1n) is 36.4. The van der Waals surface area contributed by atoms with Crippen LogP contribution in [0.3, 0.4) is 0 Å². The van der Waals surface area contributed by atoms with Crippen LogP contribution in [0.25, 0.3) is 0 Å². The lowest BCUT2D eigenvalue weighted by Crippen LogP contribution is -2.30. The Morgan fingerprint density at radius 2 is 0.482 bits per heavy atom. The number of esters is 3. The SMILES string of the molecule is CC/C=C\C/C=C\C/C=C\C/C=C\CCCCCCCCCCCCC(=O)OC(COC(=O)CCCCCCC/C=C\C/C=C\CCCC)COC(=O)CCCCCCCCCCCCCCCCCCCCCCCCCCCCCC. The number of allylic oxidation sites excluding steroid dienone is 12. The Morgan fingerprint density at radius 1 is 0.253 bits per heavy atom. The highest BCUT2D eigenvalue weighted by Gasteiger charge is 2.19. The lowest BCUT2D eigenvalue weighted by molar-refractivity contribution is -0.167. The summed E-state index contributed by atoms with van der Waals surface area (Å²) in [6.45, 7) is 6.53. The Kier molecular flexibility index (Phi) is 68.6. The zero-order valence-corrected chi connectivity index (χ0v) is 55.5. The lowest BCUT2D eigenvalue weighted by atomic mass is 10.0. The van der Waals surface area contributed by atoms with Gasteiger partial charge in [0.2, 0.25) is 0 Å². The number of rotatable bonds is 67. The van der Waals surface area contributed by atoms with Crippen molar-refractivity contribution >= 4 is 17.9 Å². The summed E-state index contributed by atoms with van der Waals surface area (Å²) in [6, 6.07) is 0. The molecule has 0 bridgehead atoms. The molecule has 0 saturated carbocycles. The first-order chi connectivity index (χ1) is 41.0. The lowest BCUT2D eigenvalue weighted by Gasteiger charge is -2.18. The molecule has 0 amide bonds. The minimum Gasteiger partial charge on any atom is -0.462 e. The van der Waals surface area contributed by atoms with Crippen LogP contribution < -0.4 is 0 Å². The van der Waals surface area contributed by atoms with Gasteiger partial charge in [-0.05, 0) is 83.5 Å². The van der Waals surface area contributed by atoms with Gasteiger partial charge in [-0.1, -0.05) is 351 Å². The largest absolute Gasteiger partial charge is 0.462 e. The average Bonchev–Trinajstić information content (AvgIpc) is 3.49. The van der Waals surface area contributed by atoms with Crippen LogP contribution in [0.1, 0.15) is 380 Å². The van der Waals surface area contributed by atoms with Gasteiger partial charge in [0.15, 0.2) is 6.10 Å². The third-order valence-corrected chi connectivity index (χ3v) is 16.2. The van der Waals surface area contributed by atoms with Gasteiger partial charge in [0, 0.05) is 19.3 Å². The molecule has 0 fully saturated rings. The van der Waals surface area contributed by atoms with Gasteiger partial charge in [-0.3, -0.25) is 14.4 Å². The van der Waals surface area contributed by atoms with E-state index in [-0.39, 0.29) is 31.1 Å². The first kappa shape index (κ1) is 79.8. The molecule has 0 aliphatic heterocycles. The topological polar surface area (TPSA) is 78.9 Å². The maximum absolute atomic E-state index is 13.0. The smallest absolute Gasteiger partial charge is 0.306 e. The van der Waals surface area contributed by atoms with Gasteiger partial charge in [-0.25, -0.2) is 0 Å². The number of carbonyl (C=O) groups excluding carboxylic acids is 3. The molecule has 0 spiro atoms. The highest BCUT2D eigenvalue weighted by molar-refractivity contribution is 5.71. The maximum Gasteiger partial charge on any atom is 0.306 e. The molecular weight excluding hydrogens is 1020 g/mol. The second-order valence-corrected chi connectivity index (χ2v) is 24.5. The van der Waals surface area contributed by atoms with Crippen molar-refractivity contribution in [2.75, 3.05) is 13.2 Å². The molecular formula is C77H138O6. The van der Waals surface area contributed by atoms with Gasteiger partial charge >= 0.3 is 17.9 Å². The summed E-state index contributed by atoms with van der Waals surface area (Å²) in [7, 11) is 0. The Hall–Kier alpha value is -3.15. The van der Waals surface area contributed by atoms with Crippen molar-refractivity contribution < 1.29 is 28.6 Å². The molecule has 0 aliphatic carbocycles. The minimum atomic E-state index is -0.784. The summed E-state index contributed by atoms with van der Waals surface area (Å²) in [5.74, 6) is -0.875. The van der Waals surface area contributed by atoms with Gasteiger partial charge in [-0.15, -0.1) is 0 Å². The van der Waals surface area contributed by atoms with Crippen LogP contribution in [0.5, 0.6) is 0 Å². The molecule has 0 aliphatic rings. The second kappa shape index (κ2) is 71.3. The molecule has 0 N–H and O–H groups in total. The zero-order chi connectivity index (χ0) is 59.9. The van der Waals surface area contributed by atoms with E-state index >= 15 is 0 Å². The molecule has 0 rings (SSSR count). The normalized spacial score (nSPS) is 12.5. The number of hydrogen-bond donors (Lipinski definition) is 0.